The molecule has 0 aliphatic carbocycles. The molecule has 0 saturated heterocycles. The summed E-state index contributed by atoms with van der Waals surface area (Å²) in [7, 11) is 1.77. The van der Waals surface area contributed by atoms with Crippen molar-refractivity contribution in [3.8, 4) is 0 Å². The van der Waals surface area contributed by atoms with Crippen LogP contribution in [0.25, 0.3) is 0 Å². The molecule has 0 aromatic rings. The standard InChI is InChI=1S/C4H9N3O/c1-3-5-6-4(8)7(3)2/h4,6,8H,1-2H3. The van der Waals surface area contributed by atoms with Gasteiger partial charge in [0.2, 0.25) is 6.35 Å². The highest BCUT2D eigenvalue weighted by molar-refractivity contribution is 5.80. The molecule has 1 heterocycles. The van der Waals surface area contributed by atoms with E-state index in [-0.39, 0.29) is 0 Å². The number of amidine groups is 1. The normalized spacial score (nSPS) is 27.6. The molecular formula is C4H9N3O. The first-order chi connectivity index (χ1) is 3.72. The van der Waals surface area contributed by atoms with Crippen LogP contribution in [0.5, 0.6) is 0 Å². The predicted octanol–water partition coefficient (Wildman–Crippen LogP) is -0.869. The summed E-state index contributed by atoms with van der Waals surface area (Å²) >= 11 is 0. The SMILES string of the molecule is CC1=NNC(O)N1C. The molecule has 1 aliphatic rings. The largest absolute Gasteiger partial charge is 0.355 e. The number of aliphatic hydroxyl groups excluding tert-OH is 1. The molecule has 0 radical (unpaired) electrons. The third-order valence-corrected chi connectivity index (χ3v) is 1.22. The fourth-order valence-electron chi connectivity index (χ4n) is 0.494. The van der Waals surface area contributed by atoms with E-state index in [1.807, 2.05) is 6.92 Å². The molecule has 1 rings (SSSR count). The van der Waals surface area contributed by atoms with Crippen molar-refractivity contribution in [2.45, 2.75) is 13.3 Å². The van der Waals surface area contributed by atoms with Gasteiger partial charge >= 0.3 is 0 Å². The first kappa shape index (κ1) is 5.37. The number of hydrogen-bond donors (Lipinski definition) is 2. The van der Waals surface area contributed by atoms with Crippen molar-refractivity contribution in [1.29, 1.82) is 0 Å². The molecule has 0 aromatic heterocycles. The molecule has 8 heavy (non-hydrogen) atoms. The van der Waals surface area contributed by atoms with E-state index in [2.05, 4.69) is 10.5 Å². The lowest BCUT2D eigenvalue weighted by atomic mass is 10.6. The fraction of sp³-hybridized carbons (Fsp3) is 0.750. The van der Waals surface area contributed by atoms with Crippen LogP contribution in [0.1, 0.15) is 6.92 Å². The lowest BCUT2D eigenvalue weighted by Gasteiger charge is -2.13. The molecule has 1 atom stereocenters. The van der Waals surface area contributed by atoms with Crippen molar-refractivity contribution < 1.29 is 5.11 Å². The summed E-state index contributed by atoms with van der Waals surface area (Å²) in [5.41, 5.74) is 2.49. The Kier molecular flexibility index (Phi) is 1.09. The number of aliphatic hydroxyl groups is 1. The van der Waals surface area contributed by atoms with Crippen molar-refractivity contribution >= 4 is 5.84 Å². The summed E-state index contributed by atoms with van der Waals surface area (Å²) in [4.78, 5) is 1.64. The van der Waals surface area contributed by atoms with Crippen LogP contribution >= 0.6 is 0 Å². The van der Waals surface area contributed by atoms with Crippen LogP contribution in [0.2, 0.25) is 0 Å². The van der Waals surface area contributed by atoms with E-state index in [1.54, 1.807) is 11.9 Å². The van der Waals surface area contributed by atoms with E-state index >= 15 is 0 Å². The van der Waals surface area contributed by atoms with Gasteiger partial charge in [-0.15, -0.1) is 0 Å². The molecule has 1 unspecified atom stereocenters. The summed E-state index contributed by atoms with van der Waals surface area (Å²) in [5, 5.41) is 12.6. The first-order valence-corrected chi connectivity index (χ1v) is 2.42. The van der Waals surface area contributed by atoms with Crippen LogP contribution < -0.4 is 5.43 Å². The quantitative estimate of drug-likeness (QED) is 0.431. The zero-order valence-corrected chi connectivity index (χ0v) is 4.92. The van der Waals surface area contributed by atoms with Gasteiger partial charge in [-0.3, -0.25) is 5.43 Å². The second-order valence-electron chi connectivity index (χ2n) is 1.77. The van der Waals surface area contributed by atoms with Gasteiger partial charge in [-0.2, -0.15) is 5.10 Å². The van der Waals surface area contributed by atoms with Crippen LogP contribution in [-0.2, 0) is 0 Å². The molecule has 0 aromatic carbocycles. The highest BCUT2D eigenvalue weighted by Gasteiger charge is 2.16. The van der Waals surface area contributed by atoms with E-state index in [1.165, 1.54) is 0 Å². The average Bonchev–Trinajstić information content (AvgIpc) is 1.98. The molecular weight excluding hydrogens is 106 g/mol. The van der Waals surface area contributed by atoms with Crippen LogP contribution in [0.4, 0.5) is 0 Å². The molecule has 4 heteroatoms. The third-order valence-electron chi connectivity index (χ3n) is 1.22. The maximum atomic E-state index is 8.87. The molecule has 2 N–H and O–H groups in total. The topological polar surface area (TPSA) is 47.9 Å². The minimum Gasteiger partial charge on any atom is -0.355 e. The Hall–Kier alpha value is -0.770. The lowest BCUT2D eigenvalue weighted by Crippen LogP contribution is -2.35. The minimum atomic E-state index is -0.630. The summed E-state index contributed by atoms with van der Waals surface area (Å²) in [6, 6.07) is 0. The number of nitrogens with one attached hydrogen (secondary N) is 1. The smallest absolute Gasteiger partial charge is 0.221 e. The van der Waals surface area contributed by atoms with Crippen LogP contribution in [0.15, 0.2) is 5.10 Å². The fourth-order valence-corrected chi connectivity index (χ4v) is 0.494. The van der Waals surface area contributed by atoms with E-state index in [0.29, 0.717) is 0 Å². The van der Waals surface area contributed by atoms with Crippen LogP contribution in [-0.4, -0.2) is 29.2 Å². The summed E-state index contributed by atoms with van der Waals surface area (Å²) < 4.78 is 0. The third kappa shape index (κ3) is 0.626. The molecule has 46 valence electrons. The molecule has 1 aliphatic heterocycles. The molecule has 0 bridgehead atoms. The second-order valence-corrected chi connectivity index (χ2v) is 1.77. The number of hydrogen-bond acceptors (Lipinski definition) is 4. The summed E-state index contributed by atoms with van der Waals surface area (Å²) in [6.07, 6.45) is -0.630. The van der Waals surface area contributed by atoms with Gasteiger partial charge in [0, 0.05) is 7.05 Å². The average molecular weight is 115 g/mol. The molecule has 0 spiro atoms. The Morgan fingerprint density at radius 1 is 1.88 bits per heavy atom. The van der Waals surface area contributed by atoms with Crippen molar-refractivity contribution in [3.05, 3.63) is 0 Å². The van der Waals surface area contributed by atoms with Gasteiger partial charge in [0.05, 0.1) is 0 Å². The van der Waals surface area contributed by atoms with E-state index in [9.17, 15) is 0 Å². The number of nitrogens with zero attached hydrogens (tertiary/aromatic N) is 2. The van der Waals surface area contributed by atoms with Gasteiger partial charge in [0.15, 0.2) is 0 Å². The van der Waals surface area contributed by atoms with Gasteiger partial charge < -0.3 is 10.0 Å². The van der Waals surface area contributed by atoms with Crippen molar-refractivity contribution in [1.82, 2.24) is 10.3 Å². The predicted molar refractivity (Wildman–Crippen MR) is 30.0 cm³/mol. The maximum Gasteiger partial charge on any atom is 0.221 e. The second kappa shape index (κ2) is 1.63. The van der Waals surface area contributed by atoms with Gasteiger partial charge in [0.25, 0.3) is 0 Å². The van der Waals surface area contributed by atoms with Crippen LogP contribution in [0, 0.1) is 0 Å². The molecule has 4 nitrogen and oxygen atoms in total. The van der Waals surface area contributed by atoms with Crippen molar-refractivity contribution in [2.75, 3.05) is 7.05 Å². The molecule has 0 saturated carbocycles. The maximum absolute atomic E-state index is 8.87. The van der Waals surface area contributed by atoms with Gasteiger partial charge in [0.1, 0.15) is 5.84 Å². The highest BCUT2D eigenvalue weighted by atomic mass is 16.3. The Balaban J connectivity index is 2.59. The number of rotatable bonds is 0. The summed E-state index contributed by atoms with van der Waals surface area (Å²) in [6.45, 7) is 1.82. The summed E-state index contributed by atoms with van der Waals surface area (Å²) in [5.74, 6) is 0.803. The van der Waals surface area contributed by atoms with Crippen molar-refractivity contribution in [2.24, 2.45) is 5.10 Å². The zero-order valence-electron chi connectivity index (χ0n) is 4.92. The molecule has 0 fully saturated rings. The minimum absolute atomic E-state index is 0.630. The first-order valence-electron chi connectivity index (χ1n) is 2.42. The van der Waals surface area contributed by atoms with Gasteiger partial charge in [-0.05, 0) is 6.92 Å². The van der Waals surface area contributed by atoms with E-state index < -0.39 is 6.35 Å². The highest BCUT2D eigenvalue weighted by Crippen LogP contribution is 1.97. The number of hydrazone groups is 1. The van der Waals surface area contributed by atoms with Crippen LogP contribution in [0.3, 0.4) is 0 Å². The zero-order chi connectivity index (χ0) is 6.15. The Bertz CT molecular complexity index is 122. The van der Waals surface area contributed by atoms with E-state index in [4.69, 9.17) is 5.11 Å². The Morgan fingerprint density at radius 3 is 2.62 bits per heavy atom. The van der Waals surface area contributed by atoms with Crippen molar-refractivity contribution in [3.63, 3.8) is 0 Å². The Morgan fingerprint density at radius 2 is 2.50 bits per heavy atom. The lowest BCUT2D eigenvalue weighted by molar-refractivity contribution is 0.0557. The molecule has 0 amide bonds. The van der Waals surface area contributed by atoms with Gasteiger partial charge in [-0.25, -0.2) is 0 Å². The Labute approximate surface area is 47.8 Å². The monoisotopic (exact) mass is 115 g/mol. The van der Waals surface area contributed by atoms with Gasteiger partial charge in [-0.1, -0.05) is 0 Å². The van der Waals surface area contributed by atoms with E-state index in [0.717, 1.165) is 5.84 Å².